The molecular formula is C27H27ClN2O2. The molecule has 0 saturated heterocycles. The van der Waals surface area contributed by atoms with Gasteiger partial charge in [0.1, 0.15) is 11.6 Å². The number of nitrogens with zero attached hydrogens (tertiary/aromatic N) is 2. The van der Waals surface area contributed by atoms with Crippen LogP contribution in [0.25, 0.3) is 16.6 Å². The lowest BCUT2D eigenvalue weighted by Crippen LogP contribution is -2.32. The predicted octanol–water partition coefficient (Wildman–Crippen LogP) is 5.90. The van der Waals surface area contributed by atoms with Gasteiger partial charge < -0.3 is 0 Å². The zero-order chi connectivity index (χ0) is 21.9. The topological polar surface area (TPSA) is 52.0 Å². The third kappa shape index (κ3) is 2.99. The number of aromatic nitrogens is 2. The summed E-state index contributed by atoms with van der Waals surface area (Å²) in [7, 11) is 0. The second-order valence-corrected chi connectivity index (χ2v) is 10.3. The summed E-state index contributed by atoms with van der Waals surface area (Å²) in [5.41, 5.74) is 4.22. The quantitative estimate of drug-likeness (QED) is 0.492. The first-order valence-corrected chi connectivity index (χ1v) is 12.3. The molecule has 3 aromatic rings. The van der Waals surface area contributed by atoms with E-state index in [0.717, 1.165) is 74.8 Å². The highest BCUT2D eigenvalue weighted by atomic mass is 35.5. The van der Waals surface area contributed by atoms with Crippen LogP contribution in [0, 0.1) is 5.92 Å². The lowest BCUT2D eigenvalue weighted by atomic mass is 9.69. The number of ketones is 1. The summed E-state index contributed by atoms with van der Waals surface area (Å²) >= 11 is 6.46. The van der Waals surface area contributed by atoms with Crippen LogP contribution in [0.2, 0.25) is 5.02 Å². The first-order chi connectivity index (χ1) is 15.6. The van der Waals surface area contributed by atoms with Crippen LogP contribution in [0.15, 0.2) is 41.2 Å². The molecule has 6 rings (SSSR count). The first kappa shape index (κ1) is 20.2. The molecule has 1 aromatic heterocycles. The van der Waals surface area contributed by atoms with Crippen LogP contribution in [-0.4, -0.2) is 15.3 Å². The lowest BCUT2D eigenvalue weighted by Gasteiger charge is -2.33. The Hall–Kier alpha value is -2.46. The number of hydrogen-bond donors (Lipinski definition) is 0. The van der Waals surface area contributed by atoms with E-state index in [2.05, 4.69) is 27.8 Å². The van der Waals surface area contributed by atoms with Crippen molar-refractivity contribution < 1.29 is 4.79 Å². The Balaban J connectivity index is 1.54. The number of halogens is 1. The maximum absolute atomic E-state index is 13.1. The summed E-state index contributed by atoms with van der Waals surface area (Å²) in [4.78, 5) is 29.4. The van der Waals surface area contributed by atoms with Crippen molar-refractivity contribution in [3.8, 4) is 5.69 Å². The number of hydrogen-bond acceptors (Lipinski definition) is 3. The van der Waals surface area contributed by atoms with E-state index in [1.54, 1.807) is 6.07 Å². The SMILES string of the molecule is O=C1CCC(Cc2ccc3c(c2)-n2c(nc(=O)c4c(Cl)cccc42)C32CCCCC2)CC1. The first-order valence-electron chi connectivity index (χ1n) is 11.9. The zero-order valence-corrected chi connectivity index (χ0v) is 19.0. The van der Waals surface area contributed by atoms with E-state index in [0.29, 0.717) is 22.1 Å². The number of benzene rings is 2. The summed E-state index contributed by atoms with van der Waals surface area (Å²) in [5.74, 6) is 1.86. The summed E-state index contributed by atoms with van der Waals surface area (Å²) in [6.45, 7) is 0. The van der Waals surface area contributed by atoms with Gasteiger partial charge in [-0.15, -0.1) is 0 Å². The van der Waals surface area contributed by atoms with E-state index in [1.165, 1.54) is 17.5 Å². The predicted molar refractivity (Wildman–Crippen MR) is 127 cm³/mol. The highest BCUT2D eigenvalue weighted by Crippen LogP contribution is 2.51. The molecule has 1 aliphatic heterocycles. The molecule has 0 bridgehead atoms. The van der Waals surface area contributed by atoms with Crippen LogP contribution >= 0.6 is 11.6 Å². The average Bonchev–Trinajstić information content (AvgIpc) is 3.05. The molecule has 2 saturated carbocycles. The molecule has 4 nitrogen and oxygen atoms in total. The average molecular weight is 447 g/mol. The molecule has 2 heterocycles. The van der Waals surface area contributed by atoms with Gasteiger partial charge in [0.2, 0.25) is 0 Å². The van der Waals surface area contributed by atoms with Gasteiger partial charge in [-0.1, -0.05) is 49.1 Å². The Bertz CT molecular complexity index is 1290. The maximum atomic E-state index is 13.1. The van der Waals surface area contributed by atoms with Gasteiger partial charge in [0, 0.05) is 12.8 Å². The number of carbonyl (C=O) groups excluding carboxylic acids is 1. The Morgan fingerprint density at radius 2 is 1.81 bits per heavy atom. The summed E-state index contributed by atoms with van der Waals surface area (Å²) in [6.07, 6.45) is 10.0. The fraction of sp³-hybridized carbons (Fsp3) is 0.444. The van der Waals surface area contributed by atoms with Gasteiger partial charge in [0.05, 0.1) is 27.0 Å². The van der Waals surface area contributed by atoms with Crippen LogP contribution in [0.3, 0.4) is 0 Å². The Kier molecular flexibility index (Phi) is 4.76. The van der Waals surface area contributed by atoms with E-state index >= 15 is 0 Å². The van der Waals surface area contributed by atoms with Crippen molar-refractivity contribution in [3.05, 3.63) is 68.7 Å². The molecule has 2 aromatic carbocycles. The van der Waals surface area contributed by atoms with Gasteiger partial charge >= 0.3 is 0 Å². The third-order valence-electron chi connectivity index (χ3n) is 8.01. The fourth-order valence-corrected chi connectivity index (χ4v) is 6.64. The number of carbonyl (C=O) groups is 1. The monoisotopic (exact) mass is 446 g/mol. The molecule has 0 atom stereocenters. The van der Waals surface area contributed by atoms with E-state index in [4.69, 9.17) is 11.6 Å². The van der Waals surface area contributed by atoms with Gasteiger partial charge in [-0.05, 0) is 67.3 Å². The lowest BCUT2D eigenvalue weighted by molar-refractivity contribution is -0.121. The van der Waals surface area contributed by atoms with Gasteiger partial charge in [-0.25, -0.2) is 0 Å². The van der Waals surface area contributed by atoms with Gasteiger partial charge in [-0.2, -0.15) is 4.98 Å². The Labute approximate surface area is 192 Å². The standard InChI is InChI=1S/C27H27ClN2O2/c28-21-5-4-6-22-24(21)25(32)29-26-27(13-2-1-3-14-27)20-12-9-18(16-23(20)30(22)26)15-17-7-10-19(31)11-8-17/h4-6,9,12,16-17H,1-3,7-8,10-11,13-15H2. The fourth-order valence-electron chi connectivity index (χ4n) is 6.39. The summed E-state index contributed by atoms with van der Waals surface area (Å²) in [5, 5.41) is 0.970. The van der Waals surface area contributed by atoms with Crippen LogP contribution < -0.4 is 5.56 Å². The van der Waals surface area contributed by atoms with Crippen molar-refractivity contribution in [2.45, 2.75) is 69.6 Å². The maximum Gasteiger partial charge on any atom is 0.282 e. The molecule has 3 aliphatic rings. The zero-order valence-electron chi connectivity index (χ0n) is 18.2. The van der Waals surface area contributed by atoms with Crippen molar-refractivity contribution in [1.29, 1.82) is 0 Å². The molecule has 2 fully saturated rings. The molecule has 5 heteroatoms. The molecular weight excluding hydrogens is 420 g/mol. The number of Topliss-reactive ketones (excluding diaryl/α,β-unsaturated/α-hetero) is 1. The van der Waals surface area contributed by atoms with E-state index < -0.39 is 0 Å². The van der Waals surface area contributed by atoms with Gasteiger partial charge in [0.25, 0.3) is 5.56 Å². The minimum Gasteiger partial charge on any atom is -0.300 e. The molecule has 0 amide bonds. The van der Waals surface area contributed by atoms with Crippen molar-refractivity contribution >= 4 is 28.3 Å². The minimum atomic E-state index is -0.221. The molecule has 0 N–H and O–H groups in total. The van der Waals surface area contributed by atoms with Gasteiger partial charge in [0.15, 0.2) is 0 Å². The van der Waals surface area contributed by atoms with E-state index in [1.807, 2.05) is 12.1 Å². The van der Waals surface area contributed by atoms with E-state index in [-0.39, 0.29) is 11.0 Å². The number of rotatable bonds is 2. The minimum absolute atomic E-state index is 0.182. The van der Waals surface area contributed by atoms with Crippen molar-refractivity contribution in [2.75, 3.05) is 0 Å². The molecule has 0 unspecified atom stereocenters. The molecule has 1 spiro atoms. The molecule has 164 valence electrons. The third-order valence-corrected chi connectivity index (χ3v) is 8.32. The second-order valence-electron chi connectivity index (χ2n) is 9.89. The van der Waals surface area contributed by atoms with Crippen LogP contribution in [0.1, 0.15) is 74.7 Å². The van der Waals surface area contributed by atoms with E-state index in [9.17, 15) is 9.59 Å². The van der Waals surface area contributed by atoms with Crippen LogP contribution in [0.5, 0.6) is 0 Å². The summed E-state index contributed by atoms with van der Waals surface area (Å²) < 4.78 is 2.22. The van der Waals surface area contributed by atoms with Crippen LogP contribution in [-0.2, 0) is 16.6 Å². The number of fused-ring (bicyclic) bond motifs is 7. The molecule has 2 aliphatic carbocycles. The van der Waals surface area contributed by atoms with Gasteiger partial charge in [-0.3, -0.25) is 14.2 Å². The Morgan fingerprint density at radius 3 is 2.59 bits per heavy atom. The highest BCUT2D eigenvalue weighted by molar-refractivity contribution is 6.35. The molecule has 32 heavy (non-hydrogen) atoms. The highest BCUT2D eigenvalue weighted by Gasteiger charge is 2.46. The Morgan fingerprint density at radius 1 is 1.03 bits per heavy atom. The smallest absolute Gasteiger partial charge is 0.282 e. The largest absolute Gasteiger partial charge is 0.300 e. The van der Waals surface area contributed by atoms with Crippen LogP contribution in [0.4, 0.5) is 0 Å². The summed E-state index contributed by atoms with van der Waals surface area (Å²) in [6, 6.07) is 12.6. The second kappa shape index (κ2) is 7.55. The van der Waals surface area contributed by atoms with Crippen molar-refractivity contribution in [2.24, 2.45) is 5.92 Å². The van der Waals surface area contributed by atoms with Crippen molar-refractivity contribution in [1.82, 2.24) is 9.55 Å². The molecule has 0 radical (unpaired) electrons. The normalized spacial score (nSPS) is 20.0. The van der Waals surface area contributed by atoms with Crippen molar-refractivity contribution in [3.63, 3.8) is 0 Å².